The van der Waals surface area contributed by atoms with E-state index in [9.17, 15) is 9.59 Å². The maximum Gasteiger partial charge on any atom is 0.148 e. The topological polar surface area (TPSA) is 43.4 Å². The van der Waals surface area contributed by atoms with E-state index in [0.717, 1.165) is 31.7 Å². The first-order valence-corrected chi connectivity index (χ1v) is 14.4. The molecule has 6 rings (SSSR count). The fraction of sp³-hybridized carbons (Fsp3) is 0.935. The van der Waals surface area contributed by atoms with Gasteiger partial charge in [-0.2, -0.15) is 0 Å². The number of rotatable bonds is 1. The molecule has 0 aromatic carbocycles. The molecule has 7 unspecified atom stereocenters. The Morgan fingerprint density at radius 2 is 1.53 bits per heavy atom. The standard InChI is InChI=1S/C31H48O3/c1-26(2)12-14-31-15-13-29(6)20(23(31)25(26)34-18-31)8-9-22-28(5)16-19(17-32)24(33)27(3,4)21(28)10-11-30(22,29)7/h17,19-23,25H,8-16,18H2,1-7H3/t19?,20?,21?,22?,23?,25?,28-,29+,30+,31?/m0/s1. The first-order chi connectivity index (χ1) is 15.8. The number of ether oxygens (including phenoxy) is 1. The number of aldehydes is 1. The summed E-state index contributed by atoms with van der Waals surface area (Å²) >= 11 is 0. The van der Waals surface area contributed by atoms with E-state index < -0.39 is 11.3 Å². The highest BCUT2D eigenvalue weighted by atomic mass is 16.5. The van der Waals surface area contributed by atoms with E-state index in [2.05, 4.69) is 48.5 Å². The van der Waals surface area contributed by atoms with E-state index in [-0.39, 0.29) is 22.0 Å². The molecule has 190 valence electrons. The Morgan fingerprint density at radius 1 is 0.824 bits per heavy atom. The largest absolute Gasteiger partial charge is 0.377 e. The van der Waals surface area contributed by atoms with Crippen LogP contribution >= 0.6 is 0 Å². The normalized spacial score (nSPS) is 57.1. The number of carbonyl (C=O) groups excluding carboxylic acids is 2. The van der Waals surface area contributed by atoms with Crippen LogP contribution in [0.2, 0.25) is 0 Å². The van der Waals surface area contributed by atoms with Crippen molar-refractivity contribution in [3.8, 4) is 0 Å². The van der Waals surface area contributed by atoms with Gasteiger partial charge in [0.25, 0.3) is 0 Å². The minimum atomic E-state index is -0.415. The van der Waals surface area contributed by atoms with Gasteiger partial charge in [-0.15, -0.1) is 0 Å². The maximum absolute atomic E-state index is 13.3. The van der Waals surface area contributed by atoms with Crippen molar-refractivity contribution in [2.24, 2.45) is 62.1 Å². The summed E-state index contributed by atoms with van der Waals surface area (Å²) < 4.78 is 6.69. The molecular weight excluding hydrogens is 420 g/mol. The Balaban J connectivity index is 1.41. The van der Waals surface area contributed by atoms with Crippen LogP contribution in [0, 0.1) is 62.1 Å². The molecule has 0 aromatic heterocycles. The van der Waals surface area contributed by atoms with Crippen molar-refractivity contribution in [1.29, 1.82) is 0 Å². The summed E-state index contributed by atoms with van der Waals surface area (Å²) in [7, 11) is 0. The second-order valence-corrected chi connectivity index (χ2v) is 15.8. The van der Waals surface area contributed by atoms with E-state index in [0.29, 0.717) is 34.7 Å². The Bertz CT molecular complexity index is 920. The van der Waals surface area contributed by atoms with E-state index in [1.165, 1.54) is 44.9 Å². The Labute approximate surface area is 207 Å². The Hall–Kier alpha value is -0.700. The molecule has 6 fully saturated rings. The summed E-state index contributed by atoms with van der Waals surface area (Å²) in [5.74, 6) is 2.23. The zero-order valence-corrected chi connectivity index (χ0v) is 22.8. The van der Waals surface area contributed by atoms with Gasteiger partial charge in [0.2, 0.25) is 0 Å². The number of hydrogen-bond donors (Lipinski definition) is 0. The summed E-state index contributed by atoms with van der Waals surface area (Å²) in [5, 5.41) is 0. The van der Waals surface area contributed by atoms with Crippen LogP contribution in [-0.2, 0) is 14.3 Å². The Kier molecular flexibility index (Phi) is 4.73. The minimum Gasteiger partial charge on any atom is -0.377 e. The molecule has 0 amide bonds. The predicted molar refractivity (Wildman–Crippen MR) is 134 cm³/mol. The lowest BCUT2D eigenvalue weighted by molar-refractivity contribution is -0.242. The van der Waals surface area contributed by atoms with Gasteiger partial charge in [0.1, 0.15) is 12.1 Å². The van der Waals surface area contributed by atoms with Crippen molar-refractivity contribution in [3.63, 3.8) is 0 Å². The van der Waals surface area contributed by atoms with Crippen LogP contribution in [0.15, 0.2) is 0 Å². The predicted octanol–water partition coefficient (Wildman–Crippen LogP) is 6.87. The second-order valence-electron chi connectivity index (χ2n) is 15.8. The van der Waals surface area contributed by atoms with Crippen molar-refractivity contribution in [1.82, 2.24) is 0 Å². The summed E-state index contributed by atoms with van der Waals surface area (Å²) in [4.78, 5) is 25.3. The van der Waals surface area contributed by atoms with Crippen molar-refractivity contribution < 1.29 is 14.3 Å². The zero-order valence-electron chi connectivity index (χ0n) is 22.8. The van der Waals surface area contributed by atoms with Crippen molar-refractivity contribution in [2.75, 3.05) is 6.61 Å². The highest BCUT2D eigenvalue weighted by Gasteiger charge is 2.73. The third-order valence-corrected chi connectivity index (χ3v) is 14.1. The molecule has 0 aromatic rings. The van der Waals surface area contributed by atoms with Crippen LogP contribution < -0.4 is 0 Å². The van der Waals surface area contributed by atoms with Gasteiger partial charge in [-0.1, -0.05) is 48.5 Å². The minimum absolute atomic E-state index is 0.0699. The second kappa shape index (κ2) is 6.78. The van der Waals surface area contributed by atoms with Crippen molar-refractivity contribution in [3.05, 3.63) is 0 Å². The number of ketones is 1. The smallest absolute Gasteiger partial charge is 0.148 e. The van der Waals surface area contributed by atoms with Crippen LogP contribution in [0.25, 0.3) is 0 Å². The lowest BCUT2D eigenvalue weighted by atomic mass is 9.31. The highest BCUT2D eigenvalue weighted by molar-refractivity contribution is 5.97. The summed E-state index contributed by atoms with van der Waals surface area (Å²) in [6.07, 6.45) is 12.4. The Morgan fingerprint density at radius 3 is 2.24 bits per heavy atom. The van der Waals surface area contributed by atoms with Crippen molar-refractivity contribution in [2.45, 2.75) is 112 Å². The van der Waals surface area contributed by atoms with E-state index in [4.69, 9.17) is 4.74 Å². The summed E-state index contributed by atoms with van der Waals surface area (Å²) in [6, 6.07) is 0. The van der Waals surface area contributed by atoms with Crippen LogP contribution in [0.1, 0.15) is 106 Å². The van der Waals surface area contributed by atoms with Gasteiger partial charge in [0.05, 0.1) is 18.6 Å². The van der Waals surface area contributed by atoms with Gasteiger partial charge in [0.15, 0.2) is 0 Å². The van der Waals surface area contributed by atoms with Gasteiger partial charge >= 0.3 is 0 Å². The summed E-state index contributed by atoms with van der Waals surface area (Å²) in [6.45, 7) is 18.0. The van der Waals surface area contributed by atoms with Gasteiger partial charge < -0.3 is 9.53 Å². The molecule has 5 saturated carbocycles. The molecule has 0 spiro atoms. The lowest BCUT2D eigenvalue weighted by Gasteiger charge is -2.73. The first kappa shape index (κ1) is 23.7. The van der Waals surface area contributed by atoms with Crippen molar-refractivity contribution >= 4 is 12.1 Å². The number of fused-ring (bicyclic) bond motifs is 5. The molecule has 1 aliphatic heterocycles. The fourth-order valence-corrected chi connectivity index (χ4v) is 12.1. The molecule has 10 atom stereocenters. The third kappa shape index (κ3) is 2.54. The average Bonchev–Trinajstić information content (AvgIpc) is 3.10. The van der Waals surface area contributed by atoms with Crippen LogP contribution in [-0.4, -0.2) is 24.8 Å². The molecule has 0 radical (unpaired) electrons. The van der Waals surface area contributed by atoms with Gasteiger partial charge in [-0.25, -0.2) is 0 Å². The molecule has 5 aliphatic carbocycles. The molecule has 3 heteroatoms. The molecule has 0 N–H and O–H groups in total. The lowest BCUT2D eigenvalue weighted by Crippen LogP contribution is -2.68. The van der Waals surface area contributed by atoms with Crippen LogP contribution in [0.5, 0.6) is 0 Å². The molecule has 6 aliphatic rings. The average molecular weight is 469 g/mol. The number of carbonyl (C=O) groups is 2. The highest BCUT2D eigenvalue weighted by Crippen LogP contribution is 2.78. The van der Waals surface area contributed by atoms with Gasteiger partial charge in [-0.3, -0.25) is 4.79 Å². The molecule has 3 nitrogen and oxygen atoms in total. The third-order valence-electron chi connectivity index (χ3n) is 14.1. The first-order valence-electron chi connectivity index (χ1n) is 14.4. The molecule has 2 bridgehead atoms. The molecular formula is C31H48O3. The molecule has 34 heavy (non-hydrogen) atoms. The molecule has 1 heterocycles. The van der Waals surface area contributed by atoms with Crippen LogP contribution in [0.3, 0.4) is 0 Å². The van der Waals surface area contributed by atoms with Crippen LogP contribution in [0.4, 0.5) is 0 Å². The fourth-order valence-electron chi connectivity index (χ4n) is 12.1. The van der Waals surface area contributed by atoms with Gasteiger partial charge in [0, 0.05) is 5.41 Å². The van der Waals surface area contributed by atoms with E-state index in [1.54, 1.807) is 0 Å². The maximum atomic E-state index is 13.3. The van der Waals surface area contributed by atoms with E-state index >= 15 is 0 Å². The quantitative estimate of drug-likeness (QED) is 0.311. The molecule has 1 saturated heterocycles. The SMILES string of the molecule is CC1(C)CCC23CC[C@]4(C)C(CCC5[C@@]6(C)CC(C=O)C(=O)C(C)(C)C6CC[C@]54C)C2C1OC3. The van der Waals surface area contributed by atoms with E-state index in [1.807, 2.05) is 0 Å². The monoisotopic (exact) mass is 468 g/mol. The summed E-state index contributed by atoms with van der Waals surface area (Å²) in [5.41, 5.74) is 0.980. The zero-order chi connectivity index (χ0) is 24.5. The number of hydrogen-bond acceptors (Lipinski definition) is 3. The van der Waals surface area contributed by atoms with Gasteiger partial charge in [-0.05, 0) is 109 Å². The number of Topliss-reactive ketones (excluding diaryl/α,β-unsaturated/α-hetero) is 1.